The normalized spacial score (nSPS) is 12.7. The van der Waals surface area contributed by atoms with Gasteiger partial charge in [0.15, 0.2) is 13.7 Å². The van der Waals surface area contributed by atoms with Crippen molar-refractivity contribution in [2.75, 3.05) is 4.90 Å². The summed E-state index contributed by atoms with van der Waals surface area (Å²) in [5, 5.41) is 7.48. The van der Waals surface area contributed by atoms with E-state index < -0.39 is 8.07 Å². The van der Waals surface area contributed by atoms with E-state index in [0.29, 0.717) is 11.5 Å². The summed E-state index contributed by atoms with van der Waals surface area (Å²) in [5.41, 5.74) is 8.05. The van der Waals surface area contributed by atoms with Crippen LogP contribution < -0.4 is 35.0 Å². The van der Waals surface area contributed by atoms with Gasteiger partial charge in [-0.2, -0.15) is 6.07 Å². The van der Waals surface area contributed by atoms with Crippen LogP contribution >= 0.6 is 0 Å². The van der Waals surface area contributed by atoms with E-state index in [0.717, 1.165) is 50.3 Å². The average Bonchev–Trinajstić information content (AvgIpc) is 3.65. The van der Waals surface area contributed by atoms with E-state index in [1.54, 1.807) is 6.20 Å². The molecule has 0 radical (unpaired) electrons. The van der Waals surface area contributed by atoms with Crippen LogP contribution in [0, 0.1) is 19.2 Å². The van der Waals surface area contributed by atoms with E-state index in [1.165, 1.54) is 26.4 Å². The smallest absolute Gasteiger partial charge is 0.190 e. The summed E-state index contributed by atoms with van der Waals surface area (Å²) in [4.78, 5) is 6.99. The Balaban J connectivity index is 0.00000433. The van der Waals surface area contributed by atoms with Crippen LogP contribution in [0.1, 0.15) is 0 Å². The van der Waals surface area contributed by atoms with Crippen molar-refractivity contribution in [2.24, 2.45) is 0 Å². The summed E-state index contributed by atoms with van der Waals surface area (Å²) in [6.45, 7) is 0. The molecule has 1 aliphatic rings. The van der Waals surface area contributed by atoms with E-state index in [-0.39, 0.29) is 20.4 Å². The van der Waals surface area contributed by atoms with Crippen molar-refractivity contribution in [3.05, 3.63) is 226 Å². The number of fused-ring (bicyclic) bond motifs is 6. The summed E-state index contributed by atoms with van der Waals surface area (Å²) in [6.07, 6.45) is 3.81. The number of anilines is 3. The molecule has 0 fully saturated rings. The molecule has 290 valence electrons. The Morgan fingerprint density at radius 1 is 0.567 bits per heavy atom. The van der Waals surface area contributed by atoms with E-state index in [9.17, 15) is 0 Å². The molecule has 3 aromatic heterocycles. The van der Waals surface area contributed by atoms with Crippen molar-refractivity contribution in [3.63, 3.8) is 0 Å². The summed E-state index contributed by atoms with van der Waals surface area (Å²) >= 11 is 0. The van der Waals surface area contributed by atoms with Gasteiger partial charge in [0, 0.05) is 71.1 Å². The molecule has 0 aliphatic carbocycles. The molecule has 1 aliphatic heterocycles. The first kappa shape index (κ1) is 37.3. The van der Waals surface area contributed by atoms with Crippen molar-refractivity contribution >= 4 is 67.8 Å². The number of para-hydroxylation sites is 2. The van der Waals surface area contributed by atoms with Gasteiger partial charge >= 0.3 is 0 Å². The van der Waals surface area contributed by atoms with Gasteiger partial charge < -0.3 is 19.2 Å². The minimum Gasteiger partial charge on any atom is -0.503 e. The van der Waals surface area contributed by atoms with Crippen LogP contribution in [-0.4, -0.2) is 17.6 Å². The van der Waals surface area contributed by atoms with Crippen LogP contribution in [-0.2, 0) is 20.4 Å². The second-order valence-electron chi connectivity index (χ2n) is 14.7. The van der Waals surface area contributed by atoms with Crippen LogP contribution in [0.15, 0.2) is 207 Å². The van der Waals surface area contributed by atoms with Gasteiger partial charge in [-0.1, -0.05) is 133 Å². The van der Waals surface area contributed by atoms with Crippen molar-refractivity contribution in [1.29, 1.82) is 0 Å². The Bertz CT molecular complexity index is 3120. The Kier molecular flexibility index (Phi) is 9.50. The molecule has 7 aromatic carbocycles. The summed E-state index contributed by atoms with van der Waals surface area (Å²) in [7, 11) is 1.44. The monoisotopic (exact) mass is 878 g/mol. The van der Waals surface area contributed by atoms with Gasteiger partial charge in [-0.05, 0) is 70.9 Å². The molecule has 10 aromatic rings. The molecule has 4 heterocycles. The van der Waals surface area contributed by atoms with Gasteiger partial charge in [-0.25, -0.2) is 0 Å². The minimum absolute atomic E-state index is 0. The van der Waals surface area contributed by atoms with E-state index in [1.807, 2.05) is 59.3 Å². The van der Waals surface area contributed by atoms with Gasteiger partial charge in [0.05, 0.1) is 5.69 Å². The van der Waals surface area contributed by atoms with Crippen LogP contribution in [0.2, 0.25) is 0 Å². The minimum atomic E-state index is -3.12. The Morgan fingerprint density at radius 2 is 1.23 bits per heavy atom. The number of nitrogens with zero attached hydrogens (tertiary/aromatic N) is 4. The number of pyridine rings is 2. The molecular weight excluding hydrogens is 843 g/mol. The van der Waals surface area contributed by atoms with Crippen molar-refractivity contribution < 1.29 is 29.7 Å². The third-order valence-electron chi connectivity index (χ3n) is 11.4. The van der Waals surface area contributed by atoms with Crippen LogP contribution in [0.4, 0.5) is 17.1 Å². The van der Waals surface area contributed by atoms with E-state index >= 15 is 0 Å². The predicted molar refractivity (Wildman–Crippen MR) is 241 cm³/mol. The first-order valence-electron chi connectivity index (χ1n) is 19.7. The third kappa shape index (κ3) is 5.90. The molecule has 11 rings (SSSR count). The zero-order chi connectivity index (χ0) is 39.3. The first-order chi connectivity index (χ1) is 29.2. The first-order valence-corrected chi connectivity index (χ1v) is 21.7. The fraction of sp³-hybridized carbons (Fsp3) is 0. The number of rotatable bonds is 7. The molecule has 0 N–H and O–H groups in total. The molecule has 0 unspecified atom stereocenters. The van der Waals surface area contributed by atoms with Gasteiger partial charge in [0.2, 0.25) is 0 Å². The second kappa shape index (κ2) is 15.3. The molecule has 5 nitrogen and oxygen atoms in total. The van der Waals surface area contributed by atoms with Crippen LogP contribution in [0.5, 0.6) is 11.5 Å². The molecule has 0 spiro atoms. The van der Waals surface area contributed by atoms with Crippen LogP contribution in [0.25, 0.3) is 38.9 Å². The van der Waals surface area contributed by atoms with Gasteiger partial charge in [0.25, 0.3) is 0 Å². The Morgan fingerprint density at radius 3 is 1.97 bits per heavy atom. The third-order valence-corrected chi connectivity index (χ3v) is 16.3. The quantitative estimate of drug-likeness (QED) is 0.0910. The predicted octanol–water partition coefficient (Wildman–Crippen LogP) is 9.32. The number of hydrogen-bond acceptors (Lipinski definition) is 3. The SMILES string of the molecule is [CH2-][n+]1cccc2c3ccc4c(c3n(-c3[c-]c(Oc5[c-]c(-c6ccccn6)ccc5)ccc3)c21)[Si](c1ccccc1)(c1ccccc1)c1ccccc1N4c1ccccc1.[Pd]. The van der Waals surface area contributed by atoms with Gasteiger partial charge in [-0.3, -0.25) is 4.57 Å². The summed E-state index contributed by atoms with van der Waals surface area (Å²) in [6, 6.07) is 76.0. The molecule has 60 heavy (non-hydrogen) atoms. The maximum absolute atomic E-state index is 6.57. The van der Waals surface area contributed by atoms with Gasteiger partial charge in [-0.15, -0.1) is 35.9 Å². The molecular formula is C53H36N4OPdSi-2. The molecule has 7 heteroatoms. The number of hydrogen-bond donors (Lipinski definition) is 0. The average molecular weight is 879 g/mol. The molecule has 0 atom stereocenters. The zero-order valence-electron chi connectivity index (χ0n) is 32.4. The summed E-state index contributed by atoms with van der Waals surface area (Å²) in [5.74, 6) is 1.16. The molecule has 0 bridgehead atoms. The number of ether oxygens (including phenoxy) is 1. The van der Waals surface area contributed by atoms with Gasteiger partial charge in [0.1, 0.15) is 5.52 Å². The fourth-order valence-electron chi connectivity index (χ4n) is 9.10. The maximum Gasteiger partial charge on any atom is 0.190 e. The maximum atomic E-state index is 6.57. The van der Waals surface area contributed by atoms with Crippen LogP contribution in [0.3, 0.4) is 0 Å². The van der Waals surface area contributed by atoms with E-state index in [4.69, 9.17) is 4.74 Å². The second-order valence-corrected chi connectivity index (χ2v) is 18.4. The van der Waals surface area contributed by atoms with Crippen molar-refractivity contribution in [1.82, 2.24) is 9.55 Å². The Hall–Kier alpha value is -7.01. The summed E-state index contributed by atoms with van der Waals surface area (Å²) < 4.78 is 10.9. The largest absolute Gasteiger partial charge is 0.503 e. The molecule has 0 amide bonds. The zero-order valence-corrected chi connectivity index (χ0v) is 34.9. The fourth-order valence-corrected chi connectivity index (χ4v) is 14.4. The standard InChI is InChI=1S/C53H36N4OSi.Pd/c1-55-35-17-28-46-45-32-33-49-52(51(45)57(53(46)55)40-21-16-23-42(37-40)58-41-22-15-18-38(36-41)47-29-13-14-34-54-47)59(43-24-7-3-8-25-43,44-26-9-4-10-27-44)50-31-12-11-30-48(50)56(49)39-19-5-2-6-20-39;/h2-35H,1H2;/q-2;. The molecule has 0 saturated heterocycles. The van der Waals surface area contributed by atoms with E-state index in [2.05, 4.69) is 179 Å². The Labute approximate surface area is 364 Å². The number of aromatic nitrogens is 3. The van der Waals surface area contributed by atoms with Crippen molar-refractivity contribution in [2.45, 2.75) is 0 Å². The molecule has 0 saturated carbocycles. The van der Waals surface area contributed by atoms with Crippen molar-refractivity contribution in [3.8, 4) is 28.4 Å². The number of benzene rings is 7. The topological polar surface area (TPSA) is 34.2 Å².